The van der Waals surface area contributed by atoms with E-state index in [1.807, 2.05) is 6.08 Å². The number of piperazine rings is 1. The van der Waals surface area contributed by atoms with E-state index in [0.29, 0.717) is 12.5 Å². The Labute approximate surface area is 169 Å². The largest absolute Gasteiger partial charge is 0.390 e. The Morgan fingerprint density at radius 3 is 2.50 bits per heavy atom. The maximum absolute atomic E-state index is 12.3. The number of nitrogens with zero attached hydrogens (tertiary/aromatic N) is 3. The van der Waals surface area contributed by atoms with Crippen molar-refractivity contribution in [1.82, 2.24) is 14.7 Å². The van der Waals surface area contributed by atoms with E-state index in [9.17, 15) is 9.90 Å². The van der Waals surface area contributed by atoms with Gasteiger partial charge in [-0.2, -0.15) is 0 Å². The first kappa shape index (κ1) is 21.0. The highest BCUT2D eigenvalue weighted by atomic mass is 16.3. The number of aliphatic hydroxyl groups is 1. The third-order valence-corrected chi connectivity index (χ3v) is 5.92. The molecule has 3 rings (SSSR count). The van der Waals surface area contributed by atoms with Gasteiger partial charge in [0.1, 0.15) is 0 Å². The summed E-state index contributed by atoms with van der Waals surface area (Å²) in [6.45, 7) is 10.5. The molecule has 0 aromatic heterocycles. The lowest BCUT2D eigenvalue weighted by Crippen LogP contribution is -2.59. The molecular formula is C23H35N3O2. The molecule has 2 saturated heterocycles. The van der Waals surface area contributed by atoms with Crippen molar-refractivity contribution in [2.75, 3.05) is 45.8 Å². The van der Waals surface area contributed by atoms with Gasteiger partial charge in [0.05, 0.1) is 6.10 Å². The average Bonchev–Trinajstić information content (AvgIpc) is 2.71. The van der Waals surface area contributed by atoms with Crippen molar-refractivity contribution in [3.8, 4) is 0 Å². The van der Waals surface area contributed by atoms with Crippen LogP contribution in [0.25, 0.3) is 0 Å². The molecule has 5 nitrogen and oxygen atoms in total. The number of amides is 1. The van der Waals surface area contributed by atoms with Gasteiger partial charge < -0.3 is 14.9 Å². The quantitative estimate of drug-likeness (QED) is 0.761. The lowest BCUT2D eigenvalue weighted by atomic mass is 9.99. The molecule has 0 unspecified atom stereocenters. The molecule has 28 heavy (non-hydrogen) atoms. The predicted octanol–water partition coefficient (Wildman–Crippen LogP) is 2.02. The van der Waals surface area contributed by atoms with Crippen molar-refractivity contribution in [3.05, 3.63) is 48.0 Å². The van der Waals surface area contributed by atoms with Gasteiger partial charge in [-0.15, -0.1) is 0 Å². The number of carbonyl (C=O) groups excluding carboxylic acids is 1. The second-order valence-corrected chi connectivity index (χ2v) is 8.42. The zero-order chi connectivity index (χ0) is 19.9. The minimum atomic E-state index is -0.457. The van der Waals surface area contributed by atoms with Crippen LogP contribution in [0.2, 0.25) is 0 Å². The number of likely N-dealkylation sites (tertiary alicyclic amines) is 1. The smallest absolute Gasteiger partial charge is 0.246 e. The Kier molecular flexibility index (Phi) is 7.65. The fraction of sp³-hybridized carbons (Fsp3) is 0.609. The van der Waals surface area contributed by atoms with Gasteiger partial charge in [-0.1, -0.05) is 50.3 Å². The molecule has 0 spiro atoms. The van der Waals surface area contributed by atoms with Crippen LogP contribution in [0.5, 0.6) is 0 Å². The minimum Gasteiger partial charge on any atom is -0.390 e. The van der Waals surface area contributed by atoms with E-state index in [-0.39, 0.29) is 11.9 Å². The van der Waals surface area contributed by atoms with E-state index >= 15 is 0 Å². The number of rotatable bonds is 6. The lowest BCUT2D eigenvalue weighted by Gasteiger charge is -2.45. The fourth-order valence-corrected chi connectivity index (χ4v) is 4.18. The Hall–Kier alpha value is -1.69. The number of hydrogen-bond donors (Lipinski definition) is 1. The van der Waals surface area contributed by atoms with E-state index in [2.05, 4.69) is 54.0 Å². The van der Waals surface area contributed by atoms with Crippen LogP contribution in [0, 0.1) is 5.92 Å². The van der Waals surface area contributed by atoms with Gasteiger partial charge >= 0.3 is 0 Å². The Balaban J connectivity index is 1.42. The molecule has 2 atom stereocenters. The van der Waals surface area contributed by atoms with E-state index in [0.717, 1.165) is 52.1 Å². The molecule has 2 aliphatic heterocycles. The Morgan fingerprint density at radius 2 is 1.86 bits per heavy atom. The molecule has 1 aromatic rings. The van der Waals surface area contributed by atoms with E-state index < -0.39 is 6.10 Å². The molecule has 0 radical (unpaired) electrons. The topological polar surface area (TPSA) is 47.0 Å². The number of benzene rings is 1. The third kappa shape index (κ3) is 5.90. The van der Waals surface area contributed by atoms with Crippen LogP contribution in [-0.2, 0) is 11.2 Å². The first-order valence-corrected chi connectivity index (χ1v) is 10.7. The number of hydrogen-bond acceptors (Lipinski definition) is 4. The molecular weight excluding hydrogens is 350 g/mol. The van der Waals surface area contributed by atoms with Crippen molar-refractivity contribution < 1.29 is 9.90 Å². The Morgan fingerprint density at radius 1 is 1.14 bits per heavy atom. The summed E-state index contributed by atoms with van der Waals surface area (Å²) < 4.78 is 0. The molecule has 2 fully saturated rings. The van der Waals surface area contributed by atoms with Crippen LogP contribution < -0.4 is 0 Å². The SMILES string of the molecule is CC(C)C=CC(=O)N1CC[C@@H](N2CCN(CCc3ccccc3)CC2)[C@H](O)C1. The molecule has 2 aliphatic rings. The molecule has 0 aliphatic carbocycles. The zero-order valence-electron chi connectivity index (χ0n) is 17.3. The number of β-amino-alcohol motifs (C(OH)–C–C–N with tert-alkyl or cyclic N) is 1. The molecule has 154 valence electrons. The van der Waals surface area contributed by atoms with Gasteiger partial charge in [0.15, 0.2) is 0 Å². The molecule has 5 heteroatoms. The highest BCUT2D eigenvalue weighted by Crippen LogP contribution is 2.19. The number of carbonyl (C=O) groups is 1. The van der Waals surface area contributed by atoms with Gasteiger partial charge in [0, 0.05) is 51.9 Å². The zero-order valence-corrected chi connectivity index (χ0v) is 17.3. The molecule has 0 bridgehead atoms. The Bertz CT molecular complexity index is 639. The number of aliphatic hydroxyl groups excluding tert-OH is 1. The number of allylic oxidation sites excluding steroid dienone is 1. The lowest BCUT2D eigenvalue weighted by molar-refractivity contribution is -0.131. The second-order valence-electron chi connectivity index (χ2n) is 8.42. The predicted molar refractivity (Wildman–Crippen MR) is 113 cm³/mol. The van der Waals surface area contributed by atoms with Crippen molar-refractivity contribution in [1.29, 1.82) is 0 Å². The summed E-state index contributed by atoms with van der Waals surface area (Å²) in [5.74, 6) is 0.390. The summed E-state index contributed by atoms with van der Waals surface area (Å²) in [6, 6.07) is 10.8. The van der Waals surface area contributed by atoms with Crippen molar-refractivity contribution in [3.63, 3.8) is 0 Å². The van der Waals surface area contributed by atoms with Crippen molar-refractivity contribution in [2.24, 2.45) is 5.92 Å². The molecule has 1 N–H and O–H groups in total. The van der Waals surface area contributed by atoms with E-state index in [4.69, 9.17) is 0 Å². The van der Waals surface area contributed by atoms with Gasteiger partial charge in [-0.05, 0) is 30.4 Å². The summed E-state index contributed by atoms with van der Waals surface area (Å²) in [7, 11) is 0. The molecule has 2 heterocycles. The van der Waals surface area contributed by atoms with Crippen molar-refractivity contribution >= 4 is 5.91 Å². The van der Waals surface area contributed by atoms with E-state index in [1.165, 1.54) is 5.56 Å². The van der Waals surface area contributed by atoms with Crippen LogP contribution >= 0.6 is 0 Å². The van der Waals surface area contributed by atoms with Gasteiger partial charge in [-0.3, -0.25) is 9.69 Å². The summed E-state index contributed by atoms with van der Waals surface area (Å²) in [6.07, 6.45) is 5.07. The van der Waals surface area contributed by atoms with Gasteiger partial charge in [0.25, 0.3) is 0 Å². The van der Waals surface area contributed by atoms with Gasteiger partial charge in [-0.25, -0.2) is 0 Å². The second kappa shape index (κ2) is 10.2. The maximum Gasteiger partial charge on any atom is 0.246 e. The first-order valence-electron chi connectivity index (χ1n) is 10.7. The van der Waals surface area contributed by atoms with Crippen LogP contribution in [0.3, 0.4) is 0 Å². The monoisotopic (exact) mass is 385 g/mol. The van der Waals surface area contributed by atoms with Gasteiger partial charge in [0.2, 0.25) is 5.91 Å². The molecule has 1 aromatic carbocycles. The summed E-state index contributed by atoms with van der Waals surface area (Å²) in [4.78, 5) is 19.0. The summed E-state index contributed by atoms with van der Waals surface area (Å²) >= 11 is 0. The highest BCUT2D eigenvalue weighted by molar-refractivity contribution is 5.87. The molecule has 0 saturated carbocycles. The maximum atomic E-state index is 12.3. The highest BCUT2D eigenvalue weighted by Gasteiger charge is 2.34. The normalized spacial score (nSPS) is 24.9. The van der Waals surface area contributed by atoms with Crippen molar-refractivity contribution in [2.45, 2.75) is 38.8 Å². The van der Waals surface area contributed by atoms with E-state index in [1.54, 1.807) is 11.0 Å². The minimum absolute atomic E-state index is 0.0249. The van der Waals surface area contributed by atoms with Crippen LogP contribution in [-0.4, -0.2) is 83.7 Å². The summed E-state index contributed by atoms with van der Waals surface area (Å²) in [5.41, 5.74) is 1.39. The average molecular weight is 386 g/mol. The number of piperidine rings is 1. The first-order chi connectivity index (χ1) is 13.5. The van der Waals surface area contributed by atoms with Crippen LogP contribution in [0.4, 0.5) is 0 Å². The summed E-state index contributed by atoms with van der Waals surface area (Å²) in [5, 5.41) is 10.7. The van der Waals surface area contributed by atoms with Crippen LogP contribution in [0.1, 0.15) is 25.8 Å². The molecule has 1 amide bonds. The standard InChI is InChI=1S/C23H35N3O2/c1-19(2)8-9-23(28)26-13-11-21(22(27)18-26)25-16-14-24(15-17-25)12-10-20-6-4-3-5-7-20/h3-9,19,21-22,27H,10-18H2,1-2H3/t21-,22-/m1/s1. The third-order valence-electron chi connectivity index (χ3n) is 5.92. The van der Waals surface area contributed by atoms with Crippen LogP contribution in [0.15, 0.2) is 42.5 Å². The fourth-order valence-electron chi connectivity index (χ4n) is 4.18.